The summed E-state index contributed by atoms with van der Waals surface area (Å²) >= 11 is 0. The minimum Gasteiger partial charge on any atom is -0.462 e. The molecule has 17 nitrogen and oxygen atoms in total. The number of rotatable bonds is 74. The van der Waals surface area contributed by atoms with Gasteiger partial charge in [-0.15, -0.1) is 0 Å². The van der Waals surface area contributed by atoms with Crippen LogP contribution in [0.2, 0.25) is 0 Å². The molecule has 0 bridgehead atoms. The average Bonchev–Trinajstić information content (AvgIpc) is 2.18. The number of carbonyl (C=O) groups excluding carboxylic acids is 4. The Morgan fingerprint density at radius 2 is 0.537 bits per heavy atom. The molecule has 95 heavy (non-hydrogen) atoms. The first kappa shape index (κ1) is 93.1. The van der Waals surface area contributed by atoms with Crippen LogP contribution >= 0.6 is 15.6 Å². The van der Waals surface area contributed by atoms with Gasteiger partial charge in [-0.3, -0.25) is 37.3 Å². The molecule has 0 amide bonds. The molecule has 19 heteroatoms. The smallest absolute Gasteiger partial charge is 0.462 e. The van der Waals surface area contributed by atoms with Crippen molar-refractivity contribution < 1.29 is 80.2 Å². The molecule has 564 valence electrons. The second-order valence-electron chi connectivity index (χ2n) is 28.6. The third-order valence-corrected chi connectivity index (χ3v) is 19.9. The van der Waals surface area contributed by atoms with Crippen LogP contribution in [0.3, 0.4) is 0 Å². The van der Waals surface area contributed by atoms with Gasteiger partial charge < -0.3 is 33.8 Å². The molecule has 0 aliphatic carbocycles. The number of phosphoric acid groups is 2. The largest absolute Gasteiger partial charge is 0.472 e. The summed E-state index contributed by atoms with van der Waals surface area (Å²) in [6.45, 7) is 11.9. The minimum atomic E-state index is -4.96. The van der Waals surface area contributed by atoms with Crippen molar-refractivity contribution in [2.45, 2.75) is 407 Å². The molecule has 0 fully saturated rings. The lowest BCUT2D eigenvalue weighted by atomic mass is 9.99. The zero-order chi connectivity index (χ0) is 70.1. The molecular formula is C76H148O17P2. The first-order chi connectivity index (χ1) is 45.8. The summed E-state index contributed by atoms with van der Waals surface area (Å²) in [7, 11) is -9.91. The number of aliphatic hydroxyl groups excluding tert-OH is 1. The number of unbranched alkanes of at least 4 members (excludes halogenated alkanes) is 41. The van der Waals surface area contributed by atoms with Gasteiger partial charge in [0.05, 0.1) is 26.4 Å². The molecule has 3 N–H and O–H groups in total. The van der Waals surface area contributed by atoms with Gasteiger partial charge in [-0.1, -0.05) is 337 Å². The molecule has 0 aliphatic rings. The fourth-order valence-electron chi connectivity index (χ4n) is 11.6. The summed E-state index contributed by atoms with van der Waals surface area (Å²) in [4.78, 5) is 72.9. The van der Waals surface area contributed by atoms with Crippen LogP contribution in [0.4, 0.5) is 0 Å². The van der Waals surface area contributed by atoms with Gasteiger partial charge in [0.15, 0.2) is 12.2 Å². The SMILES string of the molecule is CCCCCCCCCCCCCCCCCC(=O)OC[C@H](COP(=O)(O)OC[C@@H](O)COP(=O)(O)OC[C@@H](COC(=O)CCCCCCCCCCC(C)CC)OC(=O)CCCCCCCCCCCCC(C)C)OC(=O)CCCCCCCCCCCCCCC(C)C. The number of hydrogen-bond donors (Lipinski definition) is 3. The average molecular weight is 1400 g/mol. The zero-order valence-electron chi connectivity index (χ0n) is 62.1. The zero-order valence-corrected chi connectivity index (χ0v) is 63.9. The van der Waals surface area contributed by atoms with Gasteiger partial charge in [0, 0.05) is 25.7 Å². The van der Waals surface area contributed by atoms with Crippen molar-refractivity contribution in [1.29, 1.82) is 0 Å². The first-order valence-corrected chi connectivity index (χ1v) is 42.4. The Morgan fingerprint density at radius 3 is 0.800 bits per heavy atom. The lowest BCUT2D eigenvalue weighted by Gasteiger charge is -2.21. The lowest BCUT2D eigenvalue weighted by Crippen LogP contribution is -2.30. The van der Waals surface area contributed by atoms with Gasteiger partial charge in [0.2, 0.25) is 0 Å². The van der Waals surface area contributed by atoms with Crippen LogP contribution in [0, 0.1) is 17.8 Å². The van der Waals surface area contributed by atoms with Crippen LogP contribution in [-0.2, 0) is 65.4 Å². The summed E-state index contributed by atoms with van der Waals surface area (Å²) in [6, 6.07) is 0. The maximum absolute atomic E-state index is 13.1. The van der Waals surface area contributed by atoms with E-state index in [0.29, 0.717) is 25.7 Å². The Bertz CT molecular complexity index is 1850. The molecule has 0 aliphatic heterocycles. The third kappa shape index (κ3) is 69.0. The summed E-state index contributed by atoms with van der Waals surface area (Å²) in [5.41, 5.74) is 0. The van der Waals surface area contributed by atoms with Crippen LogP contribution < -0.4 is 0 Å². The van der Waals surface area contributed by atoms with E-state index in [9.17, 15) is 43.2 Å². The van der Waals surface area contributed by atoms with Gasteiger partial charge in [0.1, 0.15) is 19.3 Å². The molecule has 0 saturated heterocycles. The first-order valence-electron chi connectivity index (χ1n) is 39.4. The Labute approximate surface area is 581 Å². The normalized spacial score (nSPS) is 14.4. The molecule has 6 atom stereocenters. The highest BCUT2D eigenvalue weighted by molar-refractivity contribution is 7.47. The van der Waals surface area contributed by atoms with Crippen molar-refractivity contribution in [3.05, 3.63) is 0 Å². The minimum absolute atomic E-state index is 0.105. The molecular weight excluding hydrogens is 1250 g/mol. The summed E-state index contributed by atoms with van der Waals surface area (Å²) in [5, 5.41) is 10.6. The molecule has 0 radical (unpaired) electrons. The molecule has 0 aromatic heterocycles. The lowest BCUT2D eigenvalue weighted by molar-refractivity contribution is -0.161. The van der Waals surface area contributed by atoms with E-state index < -0.39 is 97.5 Å². The van der Waals surface area contributed by atoms with E-state index in [4.69, 9.17) is 37.0 Å². The van der Waals surface area contributed by atoms with E-state index in [-0.39, 0.29) is 25.7 Å². The molecule has 0 heterocycles. The van der Waals surface area contributed by atoms with Gasteiger partial charge in [-0.25, -0.2) is 9.13 Å². The van der Waals surface area contributed by atoms with E-state index in [0.717, 1.165) is 108 Å². The fourth-order valence-corrected chi connectivity index (χ4v) is 13.1. The highest BCUT2D eigenvalue weighted by Gasteiger charge is 2.30. The number of hydrogen-bond acceptors (Lipinski definition) is 15. The highest BCUT2D eigenvalue weighted by Crippen LogP contribution is 2.45. The monoisotopic (exact) mass is 1400 g/mol. The van der Waals surface area contributed by atoms with E-state index in [1.807, 2.05) is 0 Å². The van der Waals surface area contributed by atoms with Crippen molar-refractivity contribution in [1.82, 2.24) is 0 Å². The van der Waals surface area contributed by atoms with E-state index in [2.05, 4.69) is 48.5 Å². The Morgan fingerprint density at radius 1 is 0.305 bits per heavy atom. The summed E-state index contributed by atoms with van der Waals surface area (Å²) in [5.74, 6) is 0.189. The number of carbonyl (C=O) groups is 4. The number of phosphoric ester groups is 2. The topological polar surface area (TPSA) is 237 Å². The summed E-state index contributed by atoms with van der Waals surface area (Å²) in [6.07, 6.45) is 52.5. The number of aliphatic hydroxyl groups is 1. The number of ether oxygens (including phenoxy) is 4. The van der Waals surface area contributed by atoms with Crippen LogP contribution in [0.15, 0.2) is 0 Å². The fraction of sp³-hybridized carbons (Fsp3) is 0.947. The predicted octanol–water partition coefficient (Wildman–Crippen LogP) is 22.2. The van der Waals surface area contributed by atoms with Gasteiger partial charge >= 0.3 is 39.5 Å². The van der Waals surface area contributed by atoms with Crippen LogP contribution in [0.5, 0.6) is 0 Å². The maximum Gasteiger partial charge on any atom is 0.472 e. The molecule has 0 spiro atoms. The van der Waals surface area contributed by atoms with E-state index >= 15 is 0 Å². The van der Waals surface area contributed by atoms with Crippen LogP contribution in [-0.4, -0.2) is 96.7 Å². The van der Waals surface area contributed by atoms with Gasteiger partial charge in [-0.2, -0.15) is 0 Å². The third-order valence-electron chi connectivity index (χ3n) is 18.0. The molecule has 3 unspecified atom stereocenters. The van der Waals surface area contributed by atoms with Crippen molar-refractivity contribution in [2.75, 3.05) is 39.6 Å². The van der Waals surface area contributed by atoms with Crippen molar-refractivity contribution in [2.24, 2.45) is 17.8 Å². The Hall–Kier alpha value is -1.94. The van der Waals surface area contributed by atoms with Crippen LogP contribution in [0.25, 0.3) is 0 Å². The quantitative estimate of drug-likeness (QED) is 0.0222. The predicted molar refractivity (Wildman–Crippen MR) is 386 cm³/mol. The molecule has 0 aromatic carbocycles. The number of esters is 4. The van der Waals surface area contributed by atoms with E-state index in [1.54, 1.807) is 0 Å². The second kappa shape index (κ2) is 66.6. The molecule has 0 aromatic rings. The second-order valence-corrected chi connectivity index (χ2v) is 31.5. The van der Waals surface area contributed by atoms with Gasteiger partial charge in [0.25, 0.3) is 0 Å². The maximum atomic E-state index is 13.1. The van der Waals surface area contributed by atoms with Crippen molar-refractivity contribution in [3.8, 4) is 0 Å². The molecule has 0 rings (SSSR count). The molecule has 0 saturated carbocycles. The highest BCUT2D eigenvalue weighted by atomic mass is 31.2. The van der Waals surface area contributed by atoms with Crippen LogP contribution in [0.1, 0.15) is 389 Å². The Balaban J connectivity index is 5.27. The van der Waals surface area contributed by atoms with E-state index in [1.165, 1.54) is 199 Å². The Kier molecular flexibility index (Phi) is 65.2. The summed E-state index contributed by atoms with van der Waals surface area (Å²) < 4.78 is 68.6. The van der Waals surface area contributed by atoms with Gasteiger partial charge in [-0.05, 0) is 43.4 Å². The standard InChI is InChI=1S/C76H148O17P2/c1-8-10-11-12-13-14-15-16-17-18-22-28-36-43-50-57-73(78)86-63-71(92-75(80)59-52-45-38-29-23-20-19-21-26-33-40-47-54-67(3)4)65-90-94(82,83)88-61-70(77)62-89-95(84,85)91-66-72(64-87-74(79)58-51-44-37-32-31-35-42-49-56-69(7)9-2)93-76(81)60-53-46-39-30-25-24-27-34-41-48-55-68(5)6/h67-72,77H,8-66H2,1-7H3,(H,82,83)(H,84,85)/t69?,70-,71-,72-/m1/s1. The van der Waals surface area contributed by atoms with Crippen molar-refractivity contribution >= 4 is 39.5 Å². The van der Waals surface area contributed by atoms with Crippen molar-refractivity contribution in [3.63, 3.8) is 0 Å².